The van der Waals surface area contributed by atoms with Gasteiger partial charge >= 0.3 is 0 Å². The summed E-state index contributed by atoms with van der Waals surface area (Å²) in [5.74, 6) is 2.75. The van der Waals surface area contributed by atoms with Crippen molar-refractivity contribution in [1.29, 1.82) is 0 Å². The van der Waals surface area contributed by atoms with Crippen LogP contribution < -0.4 is 15.4 Å². The summed E-state index contributed by atoms with van der Waals surface area (Å²) >= 11 is 5.71. The van der Waals surface area contributed by atoms with Crippen molar-refractivity contribution in [3.8, 4) is 0 Å². The lowest BCUT2D eigenvalue weighted by Crippen LogP contribution is -2.57. The first-order valence-electron chi connectivity index (χ1n) is 12.3. The van der Waals surface area contributed by atoms with Gasteiger partial charge in [-0.25, -0.2) is 23.1 Å². The van der Waals surface area contributed by atoms with Gasteiger partial charge in [0.05, 0.1) is 4.90 Å². The maximum absolute atomic E-state index is 12.6. The zero-order valence-electron chi connectivity index (χ0n) is 19.5. The number of sulfonamides is 1. The van der Waals surface area contributed by atoms with Crippen molar-refractivity contribution in [2.75, 3.05) is 10.0 Å². The molecule has 3 N–H and O–H groups in total. The van der Waals surface area contributed by atoms with Gasteiger partial charge in [0.1, 0.15) is 0 Å². The molecule has 0 saturated heterocycles. The summed E-state index contributed by atoms with van der Waals surface area (Å²) in [6.45, 7) is 2.25. The van der Waals surface area contributed by atoms with Gasteiger partial charge in [-0.1, -0.05) is 13.3 Å². The van der Waals surface area contributed by atoms with Gasteiger partial charge in [-0.2, -0.15) is 0 Å². The van der Waals surface area contributed by atoms with E-state index in [-0.39, 0.29) is 10.8 Å². The Morgan fingerprint density at radius 3 is 2.21 bits per heavy atom. The second-order valence-corrected chi connectivity index (χ2v) is 12.5. The topological polar surface area (TPSA) is 96.0 Å². The smallest absolute Gasteiger partial charge is 0.264 e. The Morgan fingerprint density at radius 2 is 1.65 bits per heavy atom. The minimum atomic E-state index is -3.76. The molecule has 2 aromatic rings. The quantitative estimate of drug-likeness (QED) is 0.442. The molecule has 6 rings (SSSR count). The first-order valence-corrected chi connectivity index (χ1v) is 14.2. The summed E-state index contributed by atoms with van der Waals surface area (Å²) in [7, 11) is -3.76. The Balaban J connectivity index is 1.23. The molecule has 9 heteroatoms. The Morgan fingerprint density at radius 1 is 1.06 bits per heavy atom. The average Bonchev–Trinajstić information content (AvgIpc) is 2.79. The van der Waals surface area contributed by atoms with Crippen molar-refractivity contribution in [3.63, 3.8) is 0 Å². The molecule has 0 unspecified atom stereocenters. The molecular formula is C25H33N5O2S2. The van der Waals surface area contributed by atoms with E-state index in [1.165, 1.54) is 50.9 Å². The first-order chi connectivity index (χ1) is 16.3. The highest BCUT2D eigenvalue weighted by Gasteiger charge is 2.54. The number of rotatable bonds is 8. The third-order valence-electron chi connectivity index (χ3n) is 7.92. The van der Waals surface area contributed by atoms with E-state index in [9.17, 15) is 8.42 Å². The molecule has 4 aliphatic rings. The fourth-order valence-electron chi connectivity index (χ4n) is 7.00. The lowest BCUT2D eigenvalue weighted by atomic mass is 9.47. The molecule has 7 nitrogen and oxygen atoms in total. The second-order valence-electron chi connectivity index (χ2n) is 10.4. The van der Waals surface area contributed by atoms with E-state index in [2.05, 4.69) is 32.2 Å². The molecule has 0 spiro atoms. The molecule has 0 amide bonds. The Kier molecular flexibility index (Phi) is 6.50. The van der Waals surface area contributed by atoms with Crippen molar-refractivity contribution in [2.45, 2.75) is 69.2 Å². The fourth-order valence-corrected chi connectivity index (χ4v) is 8.22. The van der Waals surface area contributed by atoms with E-state index >= 15 is 0 Å². The Labute approximate surface area is 207 Å². The van der Waals surface area contributed by atoms with E-state index < -0.39 is 10.0 Å². The lowest BCUT2D eigenvalue weighted by molar-refractivity contribution is -0.0718. The van der Waals surface area contributed by atoms with Gasteiger partial charge < -0.3 is 10.6 Å². The van der Waals surface area contributed by atoms with Gasteiger partial charge in [0.2, 0.25) is 5.95 Å². The summed E-state index contributed by atoms with van der Waals surface area (Å²) in [5.41, 5.74) is 1.13. The number of hydrogen-bond donors (Lipinski definition) is 3. The van der Waals surface area contributed by atoms with Crippen molar-refractivity contribution in [3.05, 3.63) is 42.7 Å². The van der Waals surface area contributed by atoms with Gasteiger partial charge in [0.25, 0.3) is 10.0 Å². The molecule has 4 bridgehead atoms. The predicted octanol–water partition coefficient (Wildman–Crippen LogP) is 4.95. The molecule has 1 heterocycles. The number of thiocarbonyl (C=S) groups is 1. The normalized spacial score (nSPS) is 28.3. The minimum Gasteiger partial charge on any atom is -0.359 e. The van der Waals surface area contributed by atoms with Crippen molar-refractivity contribution < 1.29 is 8.42 Å². The van der Waals surface area contributed by atoms with Crippen LogP contribution in [0.3, 0.4) is 0 Å². The molecule has 1 aromatic heterocycles. The van der Waals surface area contributed by atoms with Gasteiger partial charge in [-0.3, -0.25) is 0 Å². The Hall–Kier alpha value is -2.26. The summed E-state index contributed by atoms with van der Waals surface area (Å²) in [4.78, 5) is 7.97. The molecular weight excluding hydrogens is 466 g/mol. The summed E-state index contributed by atoms with van der Waals surface area (Å²) in [5, 5.41) is 7.56. The first kappa shape index (κ1) is 23.5. The van der Waals surface area contributed by atoms with E-state index in [1.807, 2.05) is 0 Å². The van der Waals surface area contributed by atoms with Gasteiger partial charge in [0, 0.05) is 24.1 Å². The van der Waals surface area contributed by atoms with Crippen LogP contribution in [0.5, 0.6) is 0 Å². The molecule has 1 atom stereocenters. The molecule has 0 radical (unpaired) electrons. The number of aromatic nitrogens is 2. The molecule has 0 aliphatic heterocycles. The van der Waals surface area contributed by atoms with Gasteiger partial charge in [-0.15, -0.1) is 0 Å². The van der Waals surface area contributed by atoms with Crippen molar-refractivity contribution in [2.24, 2.45) is 23.2 Å². The molecule has 4 saturated carbocycles. The van der Waals surface area contributed by atoms with E-state index in [0.29, 0.717) is 16.6 Å². The third kappa shape index (κ3) is 4.91. The average molecular weight is 500 g/mol. The number of nitrogens with one attached hydrogen (secondary N) is 3. The van der Waals surface area contributed by atoms with E-state index in [1.54, 1.807) is 30.3 Å². The number of hydrogen-bond acceptors (Lipinski definition) is 5. The van der Waals surface area contributed by atoms with Crippen LogP contribution in [0.1, 0.15) is 58.3 Å². The van der Waals surface area contributed by atoms with Crippen LogP contribution in [-0.4, -0.2) is 29.5 Å². The standard InChI is InChI=1S/C25H33N5O2S2/c1-2-4-22(25-14-17-11-18(15-25)13-19(12-17)16-25)29-24(33)28-20-5-7-21(8-6-20)34(31,32)30-23-26-9-3-10-27-23/h3,5-10,17-19,22H,2,4,11-16H2,1H3,(H,26,27,30)(H2,28,29,33)/t17?,18?,19?,22-,25?/m1/s1. The SMILES string of the molecule is CCC[C@@H](NC(=S)Nc1ccc(S(=O)(=O)Nc2ncccn2)cc1)C12CC3CC(CC(C3)C1)C2. The van der Waals surface area contributed by atoms with Crippen LogP contribution in [0.25, 0.3) is 0 Å². The van der Waals surface area contributed by atoms with Crippen molar-refractivity contribution in [1.82, 2.24) is 15.3 Å². The number of anilines is 2. The van der Waals surface area contributed by atoms with Crippen LogP contribution in [0.2, 0.25) is 0 Å². The van der Waals surface area contributed by atoms with Gasteiger partial charge in [-0.05, 0) is 111 Å². The second kappa shape index (κ2) is 9.41. The maximum Gasteiger partial charge on any atom is 0.264 e. The summed E-state index contributed by atoms with van der Waals surface area (Å²) in [6.07, 6.45) is 13.5. The number of benzene rings is 1. The fraction of sp³-hybridized carbons (Fsp3) is 0.560. The van der Waals surface area contributed by atoms with E-state index in [0.717, 1.165) is 36.3 Å². The maximum atomic E-state index is 12.6. The van der Waals surface area contributed by atoms with Gasteiger partial charge in [0.15, 0.2) is 5.11 Å². The highest BCUT2D eigenvalue weighted by molar-refractivity contribution is 7.92. The zero-order valence-corrected chi connectivity index (χ0v) is 21.2. The van der Waals surface area contributed by atoms with Crippen LogP contribution in [-0.2, 0) is 10.0 Å². The minimum absolute atomic E-state index is 0.0433. The largest absolute Gasteiger partial charge is 0.359 e. The van der Waals surface area contributed by atoms with Crippen LogP contribution in [0, 0.1) is 23.2 Å². The summed E-state index contributed by atoms with van der Waals surface area (Å²) in [6, 6.07) is 8.59. The molecule has 4 aliphatic carbocycles. The lowest BCUT2D eigenvalue weighted by Gasteiger charge is -2.59. The molecule has 182 valence electrons. The number of nitrogens with zero attached hydrogens (tertiary/aromatic N) is 2. The van der Waals surface area contributed by atoms with Crippen LogP contribution >= 0.6 is 12.2 Å². The molecule has 4 fully saturated rings. The molecule has 1 aromatic carbocycles. The van der Waals surface area contributed by atoms with Crippen LogP contribution in [0.4, 0.5) is 11.6 Å². The molecule has 34 heavy (non-hydrogen) atoms. The predicted molar refractivity (Wildman–Crippen MR) is 138 cm³/mol. The summed E-state index contributed by atoms with van der Waals surface area (Å²) < 4.78 is 27.6. The highest BCUT2D eigenvalue weighted by Crippen LogP contribution is 2.61. The zero-order chi connectivity index (χ0) is 23.8. The monoisotopic (exact) mass is 499 g/mol. The third-order valence-corrected chi connectivity index (χ3v) is 9.49. The van der Waals surface area contributed by atoms with Crippen molar-refractivity contribution >= 4 is 39.0 Å². The van der Waals surface area contributed by atoms with Crippen LogP contribution in [0.15, 0.2) is 47.6 Å². The highest BCUT2D eigenvalue weighted by atomic mass is 32.2. The van der Waals surface area contributed by atoms with E-state index in [4.69, 9.17) is 12.2 Å². The Bertz CT molecular complexity index is 1090.